The second kappa shape index (κ2) is 5.48. The van der Waals surface area contributed by atoms with Gasteiger partial charge in [-0.1, -0.05) is 53.7 Å². The van der Waals surface area contributed by atoms with Crippen molar-refractivity contribution in [3.8, 4) is 0 Å². The van der Waals surface area contributed by atoms with Crippen molar-refractivity contribution >= 4 is 15.9 Å². The van der Waals surface area contributed by atoms with Crippen LogP contribution in [0.25, 0.3) is 0 Å². The summed E-state index contributed by atoms with van der Waals surface area (Å²) in [6.07, 6.45) is 5.00. The predicted molar refractivity (Wildman–Crippen MR) is 51.5 cm³/mol. The summed E-state index contributed by atoms with van der Waals surface area (Å²) >= 11 is 3.31. The van der Waals surface area contributed by atoms with Crippen molar-refractivity contribution in [2.45, 2.75) is 13.3 Å². The highest BCUT2D eigenvalue weighted by Crippen LogP contribution is 2.03. The molecule has 0 saturated carbocycles. The van der Waals surface area contributed by atoms with Gasteiger partial charge in [-0.3, -0.25) is 0 Å². The number of alkyl halides is 1. The number of hydrogen-bond acceptors (Lipinski definition) is 0. The number of halogens is 1. The molecule has 1 heteroatoms. The van der Waals surface area contributed by atoms with Gasteiger partial charge < -0.3 is 0 Å². The largest absolute Gasteiger partial charge is 0.0958 e. The molecule has 0 aromatic rings. The topological polar surface area (TPSA) is 0 Å². The molecule has 0 unspecified atom stereocenters. The van der Waals surface area contributed by atoms with Gasteiger partial charge in [0.2, 0.25) is 0 Å². The minimum Gasteiger partial charge on any atom is -0.0958 e. The van der Waals surface area contributed by atoms with Crippen LogP contribution in [0.1, 0.15) is 13.3 Å². The first-order valence-electron chi connectivity index (χ1n) is 3.30. The van der Waals surface area contributed by atoms with Gasteiger partial charge in [0.05, 0.1) is 0 Å². The normalized spacial score (nSPS) is 10.2. The van der Waals surface area contributed by atoms with Gasteiger partial charge >= 0.3 is 0 Å². The van der Waals surface area contributed by atoms with Gasteiger partial charge in [-0.05, 0) is 12.0 Å². The maximum absolute atomic E-state index is 3.84. The maximum atomic E-state index is 3.84. The molecule has 56 valence electrons. The fraction of sp³-hybridized carbons (Fsp3) is 0.333. The fourth-order valence-electron chi connectivity index (χ4n) is 0.398. The summed E-state index contributed by atoms with van der Waals surface area (Å²) in [4.78, 5) is 0. The van der Waals surface area contributed by atoms with E-state index in [0.717, 1.165) is 22.9 Å². The van der Waals surface area contributed by atoms with Gasteiger partial charge in [-0.2, -0.15) is 0 Å². The second-order valence-electron chi connectivity index (χ2n) is 2.14. The summed E-state index contributed by atoms with van der Waals surface area (Å²) in [5.41, 5.74) is 2.22. The Balaban J connectivity index is 3.75. The Morgan fingerprint density at radius 3 is 2.20 bits per heavy atom. The molecule has 0 bridgehead atoms. The molecule has 0 radical (unpaired) electrons. The molecule has 0 aromatic heterocycles. The van der Waals surface area contributed by atoms with Crippen LogP contribution < -0.4 is 0 Å². The summed E-state index contributed by atoms with van der Waals surface area (Å²) in [7, 11) is 0. The van der Waals surface area contributed by atoms with E-state index in [9.17, 15) is 0 Å². The molecule has 0 atom stereocenters. The average molecular weight is 201 g/mol. The molecule has 0 aliphatic carbocycles. The molecule has 10 heavy (non-hydrogen) atoms. The standard InChI is InChI=1S/C9H13Br/c1-4-8(2)5-6-9(3)7-10/h5-6H,2-4,7H2,1H3/b6-5-. The van der Waals surface area contributed by atoms with Crippen molar-refractivity contribution in [2.75, 3.05) is 5.33 Å². The third-order valence-electron chi connectivity index (χ3n) is 1.18. The summed E-state index contributed by atoms with van der Waals surface area (Å²) in [6.45, 7) is 9.73. The van der Waals surface area contributed by atoms with E-state index in [-0.39, 0.29) is 0 Å². The first kappa shape index (κ1) is 9.70. The van der Waals surface area contributed by atoms with E-state index >= 15 is 0 Å². The van der Waals surface area contributed by atoms with Crippen molar-refractivity contribution in [3.63, 3.8) is 0 Å². The van der Waals surface area contributed by atoms with Gasteiger partial charge in [0, 0.05) is 5.33 Å². The second-order valence-corrected chi connectivity index (χ2v) is 2.70. The van der Waals surface area contributed by atoms with Crippen LogP contribution in [0.3, 0.4) is 0 Å². The van der Waals surface area contributed by atoms with Crippen molar-refractivity contribution in [1.29, 1.82) is 0 Å². The Hall–Kier alpha value is -0.300. The molecule has 0 amide bonds. The van der Waals surface area contributed by atoms with Gasteiger partial charge in [0.15, 0.2) is 0 Å². The minimum absolute atomic E-state index is 0.834. The molecule has 0 N–H and O–H groups in total. The number of rotatable bonds is 4. The molecule has 0 aromatic carbocycles. The summed E-state index contributed by atoms with van der Waals surface area (Å²) in [6, 6.07) is 0. The first-order valence-corrected chi connectivity index (χ1v) is 4.42. The highest BCUT2D eigenvalue weighted by atomic mass is 79.9. The third kappa shape index (κ3) is 4.57. The van der Waals surface area contributed by atoms with Crippen LogP contribution in [-0.4, -0.2) is 5.33 Å². The van der Waals surface area contributed by atoms with Crippen molar-refractivity contribution in [2.24, 2.45) is 0 Å². The molecular weight excluding hydrogens is 188 g/mol. The zero-order valence-corrected chi connectivity index (χ0v) is 7.95. The van der Waals surface area contributed by atoms with Crippen molar-refractivity contribution in [3.05, 3.63) is 36.5 Å². The molecule has 0 nitrogen and oxygen atoms in total. The monoisotopic (exact) mass is 200 g/mol. The van der Waals surface area contributed by atoms with Crippen LogP contribution >= 0.6 is 15.9 Å². The summed E-state index contributed by atoms with van der Waals surface area (Å²) in [5, 5.41) is 0.834. The molecule has 0 spiro atoms. The van der Waals surface area contributed by atoms with Crippen LogP contribution in [0, 0.1) is 0 Å². The van der Waals surface area contributed by atoms with E-state index in [1.165, 1.54) is 0 Å². The van der Waals surface area contributed by atoms with Gasteiger partial charge in [-0.15, -0.1) is 0 Å². The van der Waals surface area contributed by atoms with E-state index in [1.54, 1.807) is 0 Å². The van der Waals surface area contributed by atoms with Crippen LogP contribution in [0.4, 0.5) is 0 Å². The lowest BCUT2D eigenvalue weighted by Crippen LogP contribution is -1.75. The van der Waals surface area contributed by atoms with Crippen LogP contribution in [-0.2, 0) is 0 Å². The number of allylic oxidation sites excluding steroid dienone is 4. The zero-order valence-electron chi connectivity index (χ0n) is 6.36. The third-order valence-corrected chi connectivity index (χ3v) is 1.90. The first-order chi connectivity index (χ1) is 4.70. The van der Waals surface area contributed by atoms with Crippen LogP contribution in [0.5, 0.6) is 0 Å². The van der Waals surface area contributed by atoms with Gasteiger partial charge in [-0.25, -0.2) is 0 Å². The van der Waals surface area contributed by atoms with Crippen LogP contribution in [0.15, 0.2) is 36.5 Å². The minimum atomic E-state index is 0.834. The quantitative estimate of drug-likeness (QED) is 0.482. The molecule has 0 rings (SSSR count). The van der Waals surface area contributed by atoms with Crippen LogP contribution in [0.2, 0.25) is 0 Å². The SMILES string of the molecule is C=C(/C=C\C(=C)CBr)CC. The predicted octanol–water partition coefficient (Wildman–Crippen LogP) is 3.46. The van der Waals surface area contributed by atoms with E-state index in [1.807, 2.05) is 12.2 Å². The van der Waals surface area contributed by atoms with Gasteiger partial charge in [0.25, 0.3) is 0 Å². The highest BCUT2D eigenvalue weighted by Gasteiger charge is 1.83. The Morgan fingerprint density at radius 2 is 1.80 bits per heavy atom. The number of hydrogen-bond donors (Lipinski definition) is 0. The summed E-state index contributed by atoms with van der Waals surface area (Å²) in [5.74, 6) is 0. The molecule has 0 saturated heterocycles. The van der Waals surface area contributed by atoms with Crippen molar-refractivity contribution < 1.29 is 0 Å². The molecule has 0 fully saturated rings. The Morgan fingerprint density at radius 1 is 1.30 bits per heavy atom. The van der Waals surface area contributed by atoms with E-state index < -0.39 is 0 Å². The molecular formula is C9H13Br. The highest BCUT2D eigenvalue weighted by molar-refractivity contribution is 9.09. The van der Waals surface area contributed by atoms with Gasteiger partial charge in [0.1, 0.15) is 0 Å². The average Bonchev–Trinajstić information content (AvgIpc) is 1.99. The lowest BCUT2D eigenvalue weighted by molar-refractivity contribution is 1.16. The molecule has 0 aliphatic heterocycles. The Kier molecular flexibility index (Phi) is 5.32. The summed E-state index contributed by atoms with van der Waals surface area (Å²) < 4.78 is 0. The lowest BCUT2D eigenvalue weighted by atomic mass is 10.2. The van der Waals surface area contributed by atoms with E-state index in [2.05, 4.69) is 36.0 Å². The smallest absolute Gasteiger partial charge is 0.0277 e. The molecule has 0 heterocycles. The Labute approximate surface area is 71.5 Å². The fourth-order valence-corrected chi connectivity index (χ4v) is 0.585. The van der Waals surface area contributed by atoms with E-state index in [4.69, 9.17) is 0 Å². The van der Waals surface area contributed by atoms with Crippen molar-refractivity contribution in [1.82, 2.24) is 0 Å². The molecule has 0 aliphatic rings. The zero-order chi connectivity index (χ0) is 7.98. The maximum Gasteiger partial charge on any atom is 0.0277 e. The Bertz CT molecular complexity index is 136. The van der Waals surface area contributed by atoms with E-state index in [0.29, 0.717) is 0 Å². The lowest BCUT2D eigenvalue weighted by Gasteiger charge is -1.92.